The van der Waals surface area contributed by atoms with Crippen molar-refractivity contribution in [1.82, 2.24) is 19.7 Å². The normalized spacial score (nSPS) is 11.1. The maximum atomic E-state index is 8.82. The first kappa shape index (κ1) is 15.9. The van der Waals surface area contributed by atoms with Gasteiger partial charge >= 0.3 is 0 Å². The molecule has 122 valence electrons. The van der Waals surface area contributed by atoms with E-state index in [0.29, 0.717) is 22.4 Å². The molecule has 0 fully saturated rings. The highest BCUT2D eigenvalue weighted by Gasteiger charge is 2.11. The van der Waals surface area contributed by atoms with Gasteiger partial charge in [0.2, 0.25) is 0 Å². The van der Waals surface area contributed by atoms with Crippen LogP contribution in [0.4, 0.5) is 11.5 Å². The molecular weight excluding hydrogens is 328 g/mol. The molecule has 0 aliphatic rings. The molecule has 2 N–H and O–H groups in total. The Morgan fingerprint density at radius 1 is 1.25 bits per heavy atom. The fourth-order valence-electron chi connectivity index (χ4n) is 2.26. The van der Waals surface area contributed by atoms with Gasteiger partial charge in [-0.2, -0.15) is 5.10 Å². The van der Waals surface area contributed by atoms with Gasteiger partial charge in [0.05, 0.1) is 18.1 Å². The van der Waals surface area contributed by atoms with Crippen LogP contribution >= 0.6 is 11.6 Å². The lowest BCUT2D eigenvalue weighted by atomic mass is 10.3. The molecule has 0 bridgehead atoms. The molecule has 2 heterocycles. The molecule has 7 nitrogen and oxygen atoms in total. The van der Waals surface area contributed by atoms with Crippen LogP contribution in [-0.4, -0.2) is 31.2 Å². The van der Waals surface area contributed by atoms with Gasteiger partial charge in [-0.25, -0.2) is 14.6 Å². The molecule has 1 aromatic carbocycles. The number of nitrogens with one attached hydrogen (secondary N) is 1. The number of aryl methyl sites for hydroxylation is 2. The largest absolute Gasteiger partial charge is 0.411 e. The summed E-state index contributed by atoms with van der Waals surface area (Å²) in [7, 11) is 0. The van der Waals surface area contributed by atoms with Crippen LogP contribution in [0, 0.1) is 13.8 Å². The second kappa shape index (κ2) is 6.67. The molecule has 0 radical (unpaired) electrons. The van der Waals surface area contributed by atoms with Crippen LogP contribution < -0.4 is 5.32 Å². The maximum Gasteiger partial charge on any atom is 0.174 e. The molecule has 0 aliphatic heterocycles. The van der Waals surface area contributed by atoms with Crippen LogP contribution in [0.1, 0.15) is 17.1 Å². The molecule has 2 aromatic heterocycles. The van der Waals surface area contributed by atoms with Gasteiger partial charge in [0.1, 0.15) is 5.69 Å². The lowest BCUT2D eigenvalue weighted by molar-refractivity contribution is 0.321. The monoisotopic (exact) mass is 342 g/mol. The van der Waals surface area contributed by atoms with Crippen molar-refractivity contribution in [3.05, 3.63) is 58.6 Å². The van der Waals surface area contributed by atoms with Crippen molar-refractivity contribution in [2.75, 3.05) is 5.32 Å². The van der Waals surface area contributed by atoms with Crippen LogP contribution in [-0.2, 0) is 0 Å². The van der Waals surface area contributed by atoms with Gasteiger partial charge < -0.3 is 10.5 Å². The molecule has 0 atom stereocenters. The van der Waals surface area contributed by atoms with E-state index in [-0.39, 0.29) is 0 Å². The minimum absolute atomic E-state index is 0.401. The zero-order valence-electron chi connectivity index (χ0n) is 13.1. The Kier molecular flexibility index (Phi) is 4.43. The van der Waals surface area contributed by atoms with Gasteiger partial charge in [-0.05, 0) is 44.2 Å². The second-order valence-corrected chi connectivity index (χ2v) is 5.61. The lowest BCUT2D eigenvalue weighted by Gasteiger charge is -2.10. The molecule has 0 unspecified atom stereocenters. The predicted molar refractivity (Wildman–Crippen MR) is 92.7 cm³/mol. The zero-order valence-corrected chi connectivity index (χ0v) is 13.9. The number of rotatable bonds is 4. The average molecular weight is 343 g/mol. The van der Waals surface area contributed by atoms with E-state index in [1.807, 2.05) is 32.0 Å². The minimum Gasteiger partial charge on any atom is -0.411 e. The lowest BCUT2D eigenvalue weighted by Crippen LogP contribution is -2.08. The number of hydrogen-bond donors (Lipinski definition) is 2. The number of benzene rings is 1. The predicted octanol–water partition coefficient (Wildman–Crippen LogP) is 3.48. The summed E-state index contributed by atoms with van der Waals surface area (Å²) in [4.78, 5) is 8.83. The third kappa shape index (κ3) is 3.36. The smallest absolute Gasteiger partial charge is 0.174 e. The highest BCUT2D eigenvalue weighted by molar-refractivity contribution is 6.30. The van der Waals surface area contributed by atoms with E-state index in [1.165, 1.54) is 6.21 Å². The van der Waals surface area contributed by atoms with Crippen molar-refractivity contribution in [3.8, 4) is 5.82 Å². The van der Waals surface area contributed by atoms with E-state index in [0.717, 1.165) is 17.1 Å². The van der Waals surface area contributed by atoms with E-state index in [9.17, 15) is 0 Å². The first-order valence-electron chi connectivity index (χ1n) is 7.17. The zero-order chi connectivity index (χ0) is 17.1. The molecule has 3 rings (SSSR count). The summed E-state index contributed by atoms with van der Waals surface area (Å²) < 4.78 is 1.70. The van der Waals surface area contributed by atoms with E-state index in [2.05, 4.69) is 25.5 Å². The standard InChI is InChI=1S/C16H15ClN6O/c1-10-7-11(2)23(22-10)15-9-18-14(8-19-24)16(21-15)20-13-5-3-12(17)4-6-13/h3-9,24H,1-2H3,(H,20,21)/b19-8+. The Morgan fingerprint density at radius 2 is 2.00 bits per heavy atom. The number of nitrogens with zero attached hydrogens (tertiary/aromatic N) is 5. The van der Waals surface area contributed by atoms with Crippen LogP contribution in [0.5, 0.6) is 0 Å². The summed E-state index contributed by atoms with van der Waals surface area (Å²) in [5.41, 5.74) is 3.02. The van der Waals surface area contributed by atoms with Crippen LogP contribution in [0.15, 0.2) is 41.7 Å². The van der Waals surface area contributed by atoms with Crippen molar-refractivity contribution >= 4 is 29.3 Å². The SMILES string of the molecule is Cc1cc(C)n(-c2cnc(/C=N/O)c(Nc3ccc(Cl)cc3)n2)n1. The molecule has 24 heavy (non-hydrogen) atoms. The summed E-state index contributed by atoms with van der Waals surface area (Å²) in [5, 5.41) is 20.0. The number of oxime groups is 1. The molecule has 8 heteroatoms. The van der Waals surface area contributed by atoms with Crippen LogP contribution in [0.2, 0.25) is 5.02 Å². The van der Waals surface area contributed by atoms with Gasteiger partial charge in [0.25, 0.3) is 0 Å². The Labute approximate surface area is 143 Å². The first-order chi connectivity index (χ1) is 11.6. The summed E-state index contributed by atoms with van der Waals surface area (Å²) in [6.07, 6.45) is 2.79. The number of anilines is 2. The second-order valence-electron chi connectivity index (χ2n) is 5.18. The van der Waals surface area contributed by atoms with E-state index < -0.39 is 0 Å². The Morgan fingerprint density at radius 3 is 2.62 bits per heavy atom. The fraction of sp³-hybridized carbons (Fsp3) is 0.125. The van der Waals surface area contributed by atoms with Crippen molar-refractivity contribution in [2.24, 2.45) is 5.16 Å². The first-order valence-corrected chi connectivity index (χ1v) is 7.55. The van der Waals surface area contributed by atoms with Gasteiger partial charge in [-0.15, -0.1) is 0 Å². The summed E-state index contributed by atoms with van der Waals surface area (Å²) >= 11 is 5.90. The van der Waals surface area contributed by atoms with E-state index in [1.54, 1.807) is 23.0 Å². The summed E-state index contributed by atoms with van der Waals surface area (Å²) in [6, 6.07) is 9.13. The maximum absolute atomic E-state index is 8.82. The summed E-state index contributed by atoms with van der Waals surface area (Å²) in [6.45, 7) is 3.85. The number of halogens is 1. The topological polar surface area (TPSA) is 88.2 Å². The molecule has 0 amide bonds. The highest BCUT2D eigenvalue weighted by atomic mass is 35.5. The van der Waals surface area contributed by atoms with Crippen LogP contribution in [0.3, 0.4) is 0 Å². The summed E-state index contributed by atoms with van der Waals surface area (Å²) in [5.74, 6) is 1.01. The van der Waals surface area contributed by atoms with Crippen molar-refractivity contribution in [2.45, 2.75) is 13.8 Å². The number of hydrogen-bond acceptors (Lipinski definition) is 6. The van der Waals surface area contributed by atoms with E-state index in [4.69, 9.17) is 16.8 Å². The van der Waals surface area contributed by atoms with Crippen LogP contribution in [0.25, 0.3) is 5.82 Å². The number of aromatic nitrogens is 4. The molecule has 3 aromatic rings. The Bertz CT molecular complexity index is 888. The third-order valence-corrected chi connectivity index (χ3v) is 3.55. The average Bonchev–Trinajstić information content (AvgIpc) is 2.90. The molecule has 0 spiro atoms. The van der Waals surface area contributed by atoms with Crippen molar-refractivity contribution < 1.29 is 5.21 Å². The van der Waals surface area contributed by atoms with Crippen molar-refractivity contribution in [3.63, 3.8) is 0 Å². The Hall–Kier alpha value is -2.93. The molecule has 0 saturated carbocycles. The Balaban J connectivity index is 2.03. The fourth-order valence-corrected chi connectivity index (χ4v) is 2.39. The molecular formula is C16H15ClN6O. The molecule has 0 saturated heterocycles. The van der Waals surface area contributed by atoms with Crippen molar-refractivity contribution in [1.29, 1.82) is 0 Å². The van der Waals surface area contributed by atoms with Gasteiger partial charge in [-0.1, -0.05) is 16.8 Å². The third-order valence-electron chi connectivity index (χ3n) is 3.30. The highest BCUT2D eigenvalue weighted by Crippen LogP contribution is 2.20. The van der Waals surface area contributed by atoms with Gasteiger partial charge in [0.15, 0.2) is 11.6 Å². The minimum atomic E-state index is 0.401. The van der Waals surface area contributed by atoms with Gasteiger partial charge in [-0.3, -0.25) is 0 Å². The van der Waals surface area contributed by atoms with Gasteiger partial charge in [0, 0.05) is 16.4 Å². The van der Waals surface area contributed by atoms with E-state index >= 15 is 0 Å². The quantitative estimate of drug-likeness (QED) is 0.430. The molecule has 0 aliphatic carbocycles.